The van der Waals surface area contributed by atoms with Gasteiger partial charge in [0.15, 0.2) is 0 Å². The minimum atomic E-state index is -0.244. The first-order valence-corrected chi connectivity index (χ1v) is 8.53. The van der Waals surface area contributed by atoms with Crippen LogP contribution in [-0.2, 0) is 4.79 Å². The summed E-state index contributed by atoms with van der Waals surface area (Å²) in [5, 5.41) is 4.01. The first-order chi connectivity index (χ1) is 8.70. The molecule has 0 aliphatic heterocycles. The maximum absolute atomic E-state index is 12.5. The third-order valence-electron chi connectivity index (χ3n) is 4.73. The molecule has 0 heterocycles. The van der Waals surface area contributed by atoms with Gasteiger partial charge in [0.05, 0.1) is 5.41 Å². The van der Waals surface area contributed by atoms with Crippen molar-refractivity contribution in [3.05, 3.63) is 0 Å². The van der Waals surface area contributed by atoms with E-state index in [0.717, 1.165) is 43.8 Å². The number of amides is 1. The lowest BCUT2D eigenvalue weighted by Crippen LogP contribution is -2.49. The van der Waals surface area contributed by atoms with E-state index in [1.54, 1.807) is 0 Å². The van der Waals surface area contributed by atoms with Crippen LogP contribution in [0.5, 0.6) is 0 Å². The fourth-order valence-corrected chi connectivity index (χ4v) is 4.23. The summed E-state index contributed by atoms with van der Waals surface area (Å²) in [7, 11) is 0. The SMILES string of the molecule is CSC1CCCC(NC(=O)C2(CN)CCCC2)C1.Cl. The zero-order valence-corrected chi connectivity index (χ0v) is 13.5. The Labute approximate surface area is 127 Å². The third-order valence-corrected chi connectivity index (χ3v) is 5.82. The van der Waals surface area contributed by atoms with Crippen LogP contribution in [0.15, 0.2) is 0 Å². The molecule has 0 aromatic carbocycles. The van der Waals surface area contributed by atoms with Crippen molar-refractivity contribution in [1.29, 1.82) is 0 Å². The summed E-state index contributed by atoms with van der Waals surface area (Å²) in [6, 6.07) is 0.382. The van der Waals surface area contributed by atoms with Gasteiger partial charge in [-0.15, -0.1) is 12.4 Å². The van der Waals surface area contributed by atoms with E-state index in [1.807, 2.05) is 11.8 Å². The second-order valence-corrected chi connectivity index (χ2v) is 7.02. The van der Waals surface area contributed by atoms with Gasteiger partial charge in [0.1, 0.15) is 0 Å². The molecule has 0 aromatic rings. The van der Waals surface area contributed by atoms with Crippen LogP contribution in [0.4, 0.5) is 0 Å². The van der Waals surface area contributed by atoms with Gasteiger partial charge in [0.2, 0.25) is 5.91 Å². The van der Waals surface area contributed by atoms with Crippen molar-refractivity contribution >= 4 is 30.1 Å². The third kappa shape index (κ3) is 4.02. The lowest BCUT2D eigenvalue weighted by atomic mass is 9.84. The molecule has 0 radical (unpaired) electrons. The molecule has 2 rings (SSSR count). The molecule has 1 amide bonds. The molecule has 5 heteroatoms. The molecular weight excluding hydrogens is 280 g/mol. The highest BCUT2D eigenvalue weighted by Gasteiger charge is 2.40. The number of nitrogens with one attached hydrogen (secondary N) is 1. The quantitative estimate of drug-likeness (QED) is 0.839. The molecule has 2 saturated carbocycles. The van der Waals surface area contributed by atoms with Crippen LogP contribution in [-0.4, -0.2) is 30.0 Å². The van der Waals surface area contributed by atoms with Crippen molar-refractivity contribution in [2.45, 2.75) is 62.7 Å². The highest BCUT2D eigenvalue weighted by Crippen LogP contribution is 2.38. The Kier molecular flexibility index (Phi) is 6.98. The first-order valence-electron chi connectivity index (χ1n) is 7.24. The van der Waals surface area contributed by atoms with Gasteiger partial charge in [-0.05, 0) is 38.4 Å². The molecule has 19 heavy (non-hydrogen) atoms. The second-order valence-electron chi connectivity index (χ2n) is 5.89. The summed E-state index contributed by atoms with van der Waals surface area (Å²) >= 11 is 1.94. The molecule has 2 aliphatic rings. The fourth-order valence-electron chi connectivity index (χ4n) is 3.40. The van der Waals surface area contributed by atoms with Crippen LogP contribution in [0.3, 0.4) is 0 Å². The maximum atomic E-state index is 12.5. The van der Waals surface area contributed by atoms with Gasteiger partial charge in [0, 0.05) is 17.8 Å². The minimum absolute atomic E-state index is 0. The molecule has 2 unspecified atom stereocenters. The van der Waals surface area contributed by atoms with E-state index in [0.29, 0.717) is 12.6 Å². The normalized spacial score (nSPS) is 29.6. The number of rotatable bonds is 4. The van der Waals surface area contributed by atoms with Crippen molar-refractivity contribution in [2.75, 3.05) is 12.8 Å². The van der Waals surface area contributed by atoms with E-state index in [9.17, 15) is 4.79 Å². The number of thioether (sulfide) groups is 1. The summed E-state index contributed by atoms with van der Waals surface area (Å²) in [5.41, 5.74) is 5.62. The topological polar surface area (TPSA) is 55.1 Å². The zero-order valence-electron chi connectivity index (χ0n) is 11.8. The average Bonchev–Trinajstić information content (AvgIpc) is 2.89. The Hall–Kier alpha value is 0.0700. The largest absolute Gasteiger partial charge is 0.353 e. The maximum Gasteiger partial charge on any atom is 0.227 e. The van der Waals surface area contributed by atoms with E-state index < -0.39 is 0 Å². The summed E-state index contributed by atoms with van der Waals surface area (Å²) in [5.74, 6) is 0.231. The smallest absolute Gasteiger partial charge is 0.227 e. The van der Waals surface area contributed by atoms with Gasteiger partial charge in [0.25, 0.3) is 0 Å². The van der Waals surface area contributed by atoms with Gasteiger partial charge in [-0.1, -0.05) is 19.3 Å². The monoisotopic (exact) mass is 306 g/mol. The minimum Gasteiger partial charge on any atom is -0.353 e. The molecule has 2 aliphatic carbocycles. The number of carbonyl (C=O) groups excluding carboxylic acids is 1. The Balaban J connectivity index is 0.00000180. The van der Waals surface area contributed by atoms with Gasteiger partial charge in [-0.2, -0.15) is 11.8 Å². The Morgan fingerprint density at radius 1 is 1.32 bits per heavy atom. The van der Waals surface area contributed by atoms with Crippen LogP contribution in [0.2, 0.25) is 0 Å². The van der Waals surface area contributed by atoms with Crippen molar-refractivity contribution < 1.29 is 4.79 Å². The molecule has 2 atom stereocenters. The lowest BCUT2D eigenvalue weighted by Gasteiger charge is -2.33. The van der Waals surface area contributed by atoms with E-state index >= 15 is 0 Å². The average molecular weight is 307 g/mol. The van der Waals surface area contributed by atoms with Crippen molar-refractivity contribution in [3.63, 3.8) is 0 Å². The van der Waals surface area contributed by atoms with Crippen molar-refractivity contribution in [2.24, 2.45) is 11.1 Å². The fraction of sp³-hybridized carbons (Fsp3) is 0.929. The highest BCUT2D eigenvalue weighted by atomic mass is 35.5. The van der Waals surface area contributed by atoms with E-state index in [1.165, 1.54) is 12.8 Å². The summed E-state index contributed by atoms with van der Waals surface area (Å²) in [6.07, 6.45) is 11.3. The molecule has 0 saturated heterocycles. The lowest BCUT2D eigenvalue weighted by molar-refractivity contribution is -0.131. The summed E-state index contributed by atoms with van der Waals surface area (Å²) in [4.78, 5) is 12.5. The first kappa shape index (κ1) is 17.1. The molecular formula is C14H27ClN2OS. The molecule has 112 valence electrons. The second kappa shape index (κ2) is 7.75. The van der Waals surface area contributed by atoms with Gasteiger partial charge < -0.3 is 11.1 Å². The number of hydrogen-bond donors (Lipinski definition) is 2. The number of halogens is 1. The molecule has 0 spiro atoms. The van der Waals surface area contributed by atoms with E-state index in [4.69, 9.17) is 5.73 Å². The number of carbonyl (C=O) groups is 1. The van der Waals surface area contributed by atoms with Crippen molar-refractivity contribution in [1.82, 2.24) is 5.32 Å². The van der Waals surface area contributed by atoms with Crippen LogP contribution in [0.1, 0.15) is 51.4 Å². The van der Waals surface area contributed by atoms with Crippen molar-refractivity contribution in [3.8, 4) is 0 Å². The Bertz CT molecular complexity index is 295. The molecule has 2 fully saturated rings. The van der Waals surface area contributed by atoms with Crippen LogP contribution >= 0.6 is 24.2 Å². The van der Waals surface area contributed by atoms with Gasteiger partial charge in [-0.25, -0.2) is 0 Å². The molecule has 3 N–H and O–H groups in total. The predicted octanol–water partition coefficient (Wildman–Crippen LogP) is 2.72. The molecule has 0 bridgehead atoms. The summed E-state index contributed by atoms with van der Waals surface area (Å²) < 4.78 is 0. The van der Waals surface area contributed by atoms with Gasteiger partial charge >= 0.3 is 0 Å². The Morgan fingerprint density at radius 2 is 2.00 bits per heavy atom. The summed E-state index contributed by atoms with van der Waals surface area (Å²) in [6.45, 7) is 0.511. The Morgan fingerprint density at radius 3 is 2.58 bits per heavy atom. The number of nitrogens with two attached hydrogens (primary N) is 1. The van der Waals surface area contributed by atoms with Crippen LogP contribution in [0, 0.1) is 5.41 Å². The predicted molar refractivity (Wildman–Crippen MR) is 84.9 cm³/mol. The van der Waals surface area contributed by atoms with E-state index in [-0.39, 0.29) is 23.7 Å². The number of hydrogen-bond acceptors (Lipinski definition) is 3. The van der Waals surface area contributed by atoms with Gasteiger partial charge in [-0.3, -0.25) is 4.79 Å². The zero-order chi connectivity index (χ0) is 13.0. The molecule has 3 nitrogen and oxygen atoms in total. The highest BCUT2D eigenvalue weighted by molar-refractivity contribution is 7.99. The van der Waals surface area contributed by atoms with Crippen LogP contribution in [0.25, 0.3) is 0 Å². The molecule has 0 aromatic heterocycles. The standard InChI is InChI=1S/C14H26N2OS.ClH/c1-18-12-6-4-5-11(9-12)16-13(17)14(10-15)7-2-3-8-14;/h11-12H,2-10,15H2,1H3,(H,16,17);1H. The van der Waals surface area contributed by atoms with E-state index in [2.05, 4.69) is 11.6 Å². The van der Waals surface area contributed by atoms with Crippen LogP contribution < -0.4 is 11.1 Å².